The first-order valence-electron chi connectivity index (χ1n) is 7.23. The topological polar surface area (TPSA) is 43.4 Å². The zero-order valence-electron chi connectivity index (χ0n) is 13.1. The zero-order valence-corrected chi connectivity index (χ0v) is 14.7. The Balaban J connectivity index is 2.14. The van der Waals surface area contributed by atoms with Gasteiger partial charge in [-0.2, -0.15) is 0 Å². The highest BCUT2D eigenvalue weighted by Crippen LogP contribution is 2.36. The summed E-state index contributed by atoms with van der Waals surface area (Å²) in [7, 11) is 1.66. The van der Waals surface area contributed by atoms with Gasteiger partial charge in [-0.25, -0.2) is 0 Å². The minimum absolute atomic E-state index is 0.0853. The monoisotopic (exact) mass is 364 g/mol. The summed E-state index contributed by atoms with van der Waals surface area (Å²) in [5, 5.41) is 3.43. The molecule has 2 aromatic rings. The van der Waals surface area contributed by atoms with E-state index in [1.165, 1.54) is 5.56 Å². The van der Waals surface area contributed by atoms with E-state index in [4.69, 9.17) is 9.47 Å². The number of benzene rings is 1. The summed E-state index contributed by atoms with van der Waals surface area (Å²) in [4.78, 5) is 4.02. The molecule has 0 atom stereocenters. The van der Waals surface area contributed by atoms with E-state index >= 15 is 0 Å². The summed E-state index contributed by atoms with van der Waals surface area (Å²) < 4.78 is 12.4. The van der Waals surface area contributed by atoms with Crippen LogP contribution in [0.15, 0.2) is 41.1 Å². The molecule has 0 fully saturated rings. The van der Waals surface area contributed by atoms with E-state index < -0.39 is 0 Å². The van der Waals surface area contributed by atoms with Gasteiger partial charge in [0, 0.05) is 35.5 Å². The number of ether oxygens (including phenoxy) is 2. The molecule has 1 aromatic carbocycles. The molecule has 1 N–H and O–H groups in total. The van der Waals surface area contributed by atoms with Crippen LogP contribution in [0.1, 0.15) is 25.0 Å². The molecule has 0 aliphatic heterocycles. The van der Waals surface area contributed by atoms with E-state index in [1.807, 2.05) is 38.1 Å². The quantitative estimate of drug-likeness (QED) is 0.808. The molecule has 0 aliphatic carbocycles. The van der Waals surface area contributed by atoms with Gasteiger partial charge in [0.1, 0.15) is 0 Å². The van der Waals surface area contributed by atoms with Crippen LogP contribution >= 0.6 is 15.9 Å². The second-order valence-electron chi connectivity index (χ2n) is 5.18. The fourth-order valence-electron chi connectivity index (χ4n) is 2.11. The number of pyridine rings is 1. The lowest BCUT2D eigenvalue weighted by molar-refractivity contribution is 0.227. The Morgan fingerprint density at radius 1 is 1.14 bits per heavy atom. The van der Waals surface area contributed by atoms with Crippen molar-refractivity contribution in [1.29, 1.82) is 0 Å². The molecule has 0 spiro atoms. The van der Waals surface area contributed by atoms with E-state index in [0.29, 0.717) is 6.54 Å². The number of rotatable bonds is 7. The van der Waals surface area contributed by atoms with Crippen molar-refractivity contribution in [2.75, 3.05) is 7.11 Å². The summed E-state index contributed by atoms with van der Waals surface area (Å²) in [5.74, 6) is 1.53. The molecule has 0 saturated carbocycles. The van der Waals surface area contributed by atoms with Gasteiger partial charge in [-0.1, -0.05) is 15.9 Å². The number of aromatic nitrogens is 1. The van der Waals surface area contributed by atoms with Crippen LogP contribution in [0, 0.1) is 0 Å². The molecule has 5 heteroatoms. The summed E-state index contributed by atoms with van der Waals surface area (Å²) in [5.41, 5.74) is 2.25. The standard InChI is InChI=1S/C17H21BrN2O2/c1-12(2)22-17-14(15(18)4-5-16(17)21-3)11-20-10-13-6-8-19-9-7-13/h4-9,12,20H,10-11H2,1-3H3. The Morgan fingerprint density at radius 3 is 2.50 bits per heavy atom. The Morgan fingerprint density at radius 2 is 1.86 bits per heavy atom. The van der Waals surface area contributed by atoms with Crippen molar-refractivity contribution in [2.45, 2.75) is 33.0 Å². The van der Waals surface area contributed by atoms with Crippen molar-refractivity contribution < 1.29 is 9.47 Å². The second-order valence-corrected chi connectivity index (χ2v) is 6.04. The van der Waals surface area contributed by atoms with Crippen molar-refractivity contribution in [2.24, 2.45) is 0 Å². The molecule has 0 amide bonds. The van der Waals surface area contributed by atoms with E-state index in [1.54, 1.807) is 19.5 Å². The highest BCUT2D eigenvalue weighted by atomic mass is 79.9. The van der Waals surface area contributed by atoms with Crippen molar-refractivity contribution >= 4 is 15.9 Å². The number of hydrogen-bond acceptors (Lipinski definition) is 4. The fraction of sp³-hybridized carbons (Fsp3) is 0.353. The van der Waals surface area contributed by atoms with Crippen LogP contribution in [-0.2, 0) is 13.1 Å². The van der Waals surface area contributed by atoms with Crippen LogP contribution in [0.4, 0.5) is 0 Å². The van der Waals surface area contributed by atoms with E-state index in [9.17, 15) is 0 Å². The second kappa shape index (κ2) is 8.15. The highest BCUT2D eigenvalue weighted by Gasteiger charge is 2.15. The summed E-state index contributed by atoms with van der Waals surface area (Å²) in [6.45, 7) is 5.47. The largest absolute Gasteiger partial charge is 0.493 e. The van der Waals surface area contributed by atoms with Gasteiger partial charge in [0.15, 0.2) is 11.5 Å². The van der Waals surface area contributed by atoms with Gasteiger partial charge in [0.2, 0.25) is 0 Å². The van der Waals surface area contributed by atoms with Crippen LogP contribution in [0.5, 0.6) is 11.5 Å². The SMILES string of the molecule is COc1ccc(Br)c(CNCc2ccncc2)c1OC(C)C. The lowest BCUT2D eigenvalue weighted by Gasteiger charge is -2.19. The van der Waals surface area contributed by atoms with Crippen LogP contribution in [0.2, 0.25) is 0 Å². The third-order valence-electron chi connectivity index (χ3n) is 3.12. The van der Waals surface area contributed by atoms with E-state index in [2.05, 4.69) is 26.2 Å². The molecular formula is C17H21BrN2O2. The summed E-state index contributed by atoms with van der Waals surface area (Å²) >= 11 is 3.60. The predicted octanol–water partition coefficient (Wildman–Crippen LogP) is 3.93. The first kappa shape index (κ1) is 16.8. The maximum atomic E-state index is 5.95. The van der Waals surface area contributed by atoms with Crippen molar-refractivity contribution in [3.05, 3.63) is 52.3 Å². The Bertz CT molecular complexity index is 603. The molecule has 22 heavy (non-hydrogen) atoms. The maximum absolute atomic E-state index is 5.95. The van der Waals surface area contributed by atoms with E-state index in [0.717, 1.165) is 28.1 Å². The van der Waals surface area contributed by atoms with Crippen LogP contribution in [0.25, 0.3) is 0 Å². The molecule has 1 heterocycles. The number of halogens is 1. The summed E-state index contributed by atoms with van der Waals surface area (Å²) in [6, 6.07) is 7.89. The first-order valence-corrected chi connectivity index (χ1v) is 8.02. The molecule has 0 radical (unpaired) electrons. The van der Waals surface area contributed by atoms with Crippen molar-refractivity contribution in [3.63, 3.8) is 0 Å². The normalized spacial score (nSPS) is 10.8. The predicted molar refractivity (Wildman–Crippen MR) is 91.2 cm³/mol. The van der Waals surface area contributed by atoms with Gasteiger partial charge in [-0.3, -0.25) is 4.98 Å². The minimum Gasteiger partial charge on any atom is -0.493 e. The minimum atomic E-state index is 0.0853. The average molecular weight is 365 g/mol. The molecule has 0 saturated heterocycles. The first-order chi connectivity index (χ1) is 10.6. The molecule has 4 nitrogen and oxygen atoms in total. The summed E-state index contributed by atoms with van der Waals surface area (Å²) in [6.07, 6.45) is 3.68. The third kappa shape index (κ3) is 4.45. The van der Waals surface area contributed by atoms with E-state index in [-0.39, 0.29) is 6.10 Å². The van der Waals surface area contributed by atoms with Gasteiger partial charge >= 0.3 is 0 Å². The Kier molecular flexibility index (Phi) is 6.21. The van der Waals surface area contributed by atoms with Gasteiger partial charge in [0.05, 0.1) is 13.2 Å². The third-order valence-corrected chi connectivity index (χ3v) is 3.86. The van der Waals surface area contributed by atoms with Gasteiger partial charge in [-0.05, 0) is 43.7 Å². The number of hydrogen-bond donors (Lipinski definition) is 1. The number of methoxy groups -OCH3 is 1. The number of nitrogens with zero attached hydrogens (tertiary/aromatic N) is 1. The molecular weight excluding hydrogens is 344 g/mol. The lowest BCUT2D eigenvalue weighted by atomic mass is 10.1. The van der Waals surface area contributed by atoms with Crippen molar-refractivity contribution in [3.8, 4) is 11.5 Å². The molecule has 1 aromatic heterocycles. The highest BCUT2D eigenvalue weighted by molar-refractivity contribution is 9.10. The lowest BCUT2D eigenvalue weighted by Crippen LogP contribution is -2.16. The van der Waals surface area contributed by atoms with Crippen molar-refractivity contribution in [1.82, 2.24) is 10.3 Å². The smallest absolute Gasteiger partial charge is 0.167 e. The maximum Gasteiger partial charge on any atom is 0.167 e. The number of nitrogens with one attached hydrogen (secondary N) is 1. The van der Waals surface area contributed by atoms with Crippen LogP contribution in [-0.4, -0.2) is 18.2 Å². The van der Waals surface area contributed by atoms with Gasteiger partial charge in [-0.15, -0.1) is 0 Å². The molecule has 0 bridgehead atoms. The molecule has 0 aliphatic rings. The Hall–Kier alpha value is -1.59. The molecule has 2 rings (SSSR count). The molecule has 0 unspecified atom stereocenters. The Labute approximate surface area is 140 Å². The van der Waals surface area contributed by atoms with Gasteiger partial charge < -0.3 is 14.8 Å². The van der Waals surface area contributed by atoms with Gasteiger partial charge in [0.25, 0.3) is 0 Å². The van der Waals surface area contributed by atoms with Crippen LogP contribution in [0.3, 0.4) is 0 Å². The average Bonchev–Trinajstić information content (AvgIpc) is 2.51. The fourth-order valence-corrected chi connectivity index (χ4v) is 2.56. The molecule has 118 valence electrons. The zero-order chi connectivity index (χ0) is 15.9. The van der Waals surface area contributed by atoms with Crippen LogP contribution < -0.4 is 14.8 Å².